The summed E-state index contributed by atoms with van der Waals surface area (Å²) in [5, 5.41) is -0.171. The first-order valence-electron chi connectivity index (χ1n) is 27.4. The van der Waals surface area contributed by atoms with Gasteiger partial charge in [0, 0.05) is 110 Å². The zero-order valence-electron chi connectivity index (χ0n) is 49.4. The van der Waals surface area contributed by atoms with Crippen LogP contribution in [0.2, 0.25) is 0 Å². The van der Waals surface area contributed by atoms with Crippen LogP contribution in [0, 0.1) is 25.7 Å². The lowest BCUT2D eigenvalue weighted by molar-refractivity contribution is -0.437. The molecule has 0 aliphatic carbocycles. The van der Waals surface area contributed by atoms with E-state index < -0.39 is 120 Å². The summed E-state index contributed by atoms with van der Waals surface area (Å²) in [5.74, 6) is 2.29. The number of aryl methyl sites for hydroxylation is 2. The molecule has 91 heavy (non-hydrogen) atoms. The predicted molar refractivity (Wildman–Crippen MR) is 329 cm³/mol. The van der Waals surface area contributed by atoms with Crippen molar-refractivity contribution >= 4 is 117 Å². The summed E-state index contributed by atoms with van der Waals surface area (Å²) in [6.07, 6.45) is 5.31. The third-order valence-electron chi connectivity index (χ3n) is 15.9. The second-order valence-electron chi connectivity index (χ2n) is 22.2. The standard InChI is InChI=1S/C58H61N3O24S6/c1-35-29-38(56(64)85-61-52(62)19-20-53(61)63)30-36(2)41(35)12-9-37(10-17-50-57(3,21-25-83-5)54-44-31-39(88(71,72)73)33-48(90(77,78)79)42(44)13-15-46(54)59(50)23-7-27-86(65,66)67)11-18-51-58(4,22-26-84-6)55-45-32-40(89(74,75)76)34-49(91(80,81)82)43(45)14-16-47(55)60(51)24-8-28-87(68,69)70/h10-11,13-18,29-34H,7-8,19-28H2,1-6H3,(H5-,65,66,67,68,69,70,71,72,73,74,75,76,77,78,79,80,81,82)/p+1. The molecule has 33 heteroatoms. The Morgan fingerprint density at radius 1 is 0.648 bits per heavy atom. The molecule has 488 valence electrons. The number of anilines is 1. The zero-order chi connectivity index (χ0) is 67.4. The highest BCUT2D eigenvalue weighted by molar-refractivity contribution is 7.87. The first-order chi connectivity index (χ1) is 42.1. The van der Waals surface area contributed by atoms with Crippen LogP contribution in [-0.4, -0.2) is 163 Å². The molecule has 3 heterocycles. The summed E-state index contributed by atoms with van der Waals surface area (Å²) in [7, 11) is -27.3. The van der Waals surface area contributed by atoms with E-state index in [0.717, 1.165) is 12.1 Å². The van der Waals surface area contributed by atoms with Gasteiger partial charge >= 0.3 is 5.97 Å². The fraction of sp³-hybridized carbons (Fsp3) is 0.345. The van der Waals surface area contributed by atoms with Gasteiger partial charge in [0.05, 0.1) is 32.3 Å². The van der Waals surface area contributed by atoms with Gasteiger partial charge in [0.1, 0.15) is 16.3 Å². The van der Waals surface area contributed by atoms with Crippen LogP contribution in [0.5, 0.6) is 0 Å². The molecule has 0 spiro atoms. The van der Waals surface area contributed by atoms with Crippen molar-refractivity contribution in [2.24, 2.45) is 0 Å². The number of ether oxygens (including phenoxy) is 2. The van der Waals surface area contributed by atoms with Crippen LogP contribution in [0.4, 0.5) is 11.4 Å². The zero-order valence-corrected chi connectivity index (χ0v) is 54.3. The smallest absolute Gasteiger partial charge is 0.363 e. The average Bonchev–Trinajstić information content (AvgIpc) is 1.60. The van der Waals surface area contributed by atoms with Crippen molar-refractivity contribution in [1.29, 1.82) is 0 Å². The molecule has 1 saturated heterocycles. The molecule has 0 radical (unpaired) electrons. The number of benzene rings is 5. The molecule has 27 nitrogen and oxygen atoms in total. The Bertz CT molecular complexity index is 4820. The molecule has 6 N–H and O–H groups in total. The Kier molecular flexibility index (Phi) is 19.7. The maximum absolute atomic E-state index is 13.4. The maximum Gasteiger partial charge on any atom is 0.363 e. The summed E-state index contributed by atoms with van der Waals surface area (Å²) in [6.45, 7) is 6.07. The molecule has 3 aliphatic heterocycles. The van der Waals surface area contributed by atoms with Crippen molar-refractivity contribution in [1.82, 2.24) is 5.06 Å². The molecule has 0 aromatic heterocycles. The number of nitrogens with zero attached hydrogens (tertiary/aromatic N) is 3. The minimum absolute atomic E-state index is 0.00457. The fourth-order valence-corrected chi connectivity index (χ4v) is 15.5. The van der Waals surface area contributed by atoms with Crippen molar-refractivity contribution < 1.29 is 111 Å². The third-order valence-corrected chi connectivity index (χ3v) is 21.0. The Balaban J connectivity index is 1.44. The van der Waals surface area contributed by atoms with Gasteiger partial charge in [-0.1, -0.05) is 17.9 Å². The van der Waals surface area contributed by atoms with Gasteiger partial charge in [0.15, 0.2) is 5.71 Å². The second kappa shape index (κ2) is 25.7. The van der Waals surface area contributed by atoms with Crippen LogP contribution in [0.25, 0.3) is 21.5 Å². The molecule has 5 aromatic carbocycles. The van der Waals surface area contributed by atoms with E-state index in [2.05, 4.69) is 11.8 Å². The van der Waals surface area contributed by atoms with Crippen LogP contribution < -0.4 is 4.90 Å². The number of hydrogen-bond donors (Lipinski definition) is 6. The van der Waals surface area contributed by atoms with Gasteiger partial charge in [-0.2, -0.15) is 55.1 Å². The van der Waals surface area contributed by atoms with Gasteiger partial charge in [-0.15, -0.1) is 5.06 Å². The van der Waals surface area contributed by atoms with Gasteiger partial charge in [0.2, 0.25) is 5.69 Å². The van der Waals surface area contributed by atoms with Gasteiger partial charge < -0.3 is 19.2 Å². The fourth-order valence-electron chi connectivity index (χ4n) is 11.8. The number of imide groups is 1. The SMILES string of the molecule is COCCC1(C)C(/C=C/C(C#Cc2c(C)cc(C(=O)ON3C(=O)CCC3=O)cc2C)=C/C=C2/N(CCCS(=O)(=O)O)c3ccc4c(S(=O)(=O)O)cc(S(=O)(=O)O)cc4c3C2(C)CCOC)=[N+](CCCS(=O)(=O)O)c2ccc3c(S(=O)(=O)O)cc(S(=O)(=O)O)cc3c21. The normalized spacial score (nSPS) is 18.9. The van der Waals surface area contributed by atoms with E-state index in [4.69, 9.17) is 14.3 Å². The number of rotatable bonds is 23. The summed E-state index contributed by atoms with van der Waals surface area (Å²) in [4.78, 5) is 41.2. The molecule has 8 rings (SSSR count). The van der Waals surface area contributed by atoms with E-state index in [9.17, 15) is 92.2 Å². The number of hydrogen-bond acceptors (Lipinski definition) is 19. The highest BCUT2D eigenvalue weighted by Crippen LogP contribution is 2.54. The first-order valence-corrected chi connectivity index (χ1v) is 36.4. The monoisotopic (exact) mass is 1380 g/mol. The predicted octanol–water partition coefficient (Wildman–Crippen LogP) is 6.00. The number of fused-ring (bicyclic) bond motifs is 6. The highest BCUT2D eigenvalue weighted by Gasteiger charge is 2.50. The minimum atomic E-state index is -5.22. The Morgan fingerprint density at radius 2 is 1.15 bits per heavy atom. The Morgan fingerprint density at radius 3 is 1.66 bits per heavy atom. The molecule has 0 saturated carbocycles. The summed E-state index contributed by atoms with van der Waals surface area (Å²) in [6, 6.07) is 11.4. The lowest BCUT2D eigenvalue weighted by atomic mass is 9.74. The molecule has 1 fully saturated rings. The topological polar surface area (TPSA) is 415 Å². The van der Waals surface area contributed by atoms with Crippen LogP contribution in [0.15, 0.2) is 116 Å². The number of allylic oxidation sites excluding steroid dienone is 6. The van der Waals surface area contributed by atoms with E-state index in [1.54, 1.807) is 49.3 Å². The van der Waals surface area contributed by atoms with Crippen LogP contribution in [0.1, 0.15) is 90.5 Å². The van der Waals surface area contributed by atoms with Crippen LogP contribution in [-0.2, 0) is 95.4 Å². The number of methoxy groups -OCH3 is 2. The molecular weight excluding hydrogens is 1320 g/mol. The average molecular weight is 1380 g/mol. The molecule has 5 aromatic rings. The maximum atomic E-state index is 13.4. The lowest BCUT2D eigenvalue weighted by Gasteiger charge is -2.30. The first kappa shape index (κ1) is 69.7. The van der Waals surface area contributed by atoms with Crippen molar-refractivity contribution in [3.63, 3.8) is 0 Å². The highest BCUT2D eigenvalue weighted by atomic mass is 32.2. The molecule has 2 unspecified atom stereocenters. The molecule has 3 aliphatic rings. The minimum Gasteiger partial charge on any atom is -0.385 e. The van der Waals surface area contributed by atoms with E-state index in [1.807, 2.05) is 0 Å². The number of hydroxylamine groups is 2. The quantitative estimate of drug-likeness (QED) is 0.0143. The van der Waals surface area contributed by atoms with Crippen LogP contribution in [0.3, 0.4) is 0 Å². The van der Waals surface area contributed by atoms with E-state index in [-0.39, 0.29) is 120 Å². The van der Waals surface area contributed by atoms with Crippen molar-refractivity contribution in [2.75, 3.05) is 56.9 Å². The summed E-state index contributed by atoms with van der Waals surface area (Å²) < 4.78 is 226. The van der Waals surface area contributed by atoms with Gasteiger partial charge in [-0.25, -0.2) is 4.79 Å². The summed E-state index contributed by atoms with van der Waals surface area (Å²) in [5.41, 5.74) is -0.186. The van der Waals surface area contributed by atoms with Crippen molar-refractivity contribution in [2.45, 2.75) is 96.6 Å². The lowest BCUT2D eigenvalue weighted by Crippen LogP contribution is -2.33. The van der Waals surface area contributed by atoms with Crippen LogP contribution >= 0.6 is 0 Å². The van der Waals surface area contributed by atoms with E-state index in [0.29, 0.717) is 45.3 Å². The molecule has 2 atom stereocenters. The Hall–Kier alpha value is -7.14. The van der Waals surface area contributed by atoms with Crippen molar-refractivity contribution in [3.8, 4) is 11.8 Å². The largest absolute Gasteiger partial charge is 0.385 e. The molecule has 0 bridgehead atoms. The van der Waals surface area contributed by atoms with Crippen molar-refractivity contribution in [3.05, 3.63) is 130 Å². The van der Waals surface area contributed by atoms with E-state index in [1.165, 1.54) is 62.8 Å². The molecular formula is C58H62N3O24S6+. The van der Waals surface area contributed by atoms with Gasteiger partial charge in [0.25, 0.3) is 72.5 Å². The van der Waals surface area contributed by atoms with Gasteiger partial charge in [-0.3, -0.25) is 36.9 Å². The van der Waals surface area contributed by atoms with Gasteiger partial charge in [-0.05, 0) is 141 Å². The summed E-state index contributed by atoms with van der Waals surface area (Å²) >= 11 is 0. The Labute approximate surface area is 525 Å². The third kappa shape index (κ3) is 14.9. The second-order valence-corrected chi connectivity index (χ2v) is 30.9. The number of amides is 2. The number of carbonyl (C=O) groups excluding carboxylic acids is 3. The molecule has 2 amide bonds. The number of carbonyl (C=O) groups is 3. The van der Waals surface area contributed by atoms with E-state index >= 15 is 0 Å².